The van der Waals surface area contributed by atoms with Crippen molar-refractivity contribution in [3.63, 3.8) is 0 Å². The summed E-state index contributed by atoms with van der Waals surface area (Å²) in [6, 6.07) is 23.2. The van der Waals surface area contributed by atoms with Gasteiger partial charge in [-0.2, -0.15) is 0 Å². The van der Waals surface area contributed by atoms with Crippen LogP contribution in [0.5, 0.6) is 5.75 Å². The highest BCUT2D eigenvalue weighted by Crippen LogP contribution is 2.31. The summed E-state index contributed by atoms with van der Waals surface area (Å²) in [6.45, 7) is 3.47. The van der Waals surface area contributed by atoms with Crippen LogP contribution in [0.4, 0.5) is 17.1 Å². The molecule has 2 amide bonds. The van der Waals surface area contributed by atoms with Crippen molar-refractivity contribution in [2.45, 2.75) is 6.54 Å². The van der Waals surface area contributed by atoms with E-state index in [9.17, 15) is 9.59 Å². The first-order chi connectivity index (χ1) is 17.1. The third kappa shape index (κ3) is 6.05. The van der Waals surface area contributed by atoms with Crippen molar-refractivity contribution >= 4 is 40.5 Å². The normalized spacial score (nSPS) is 13.3. The first-order valence-electron chi connectivity index (χ1n) is 11.5. The molecule has 0 atom stereocenters. The number of halogens is 1. The lowest BCUT2D eigenvalue weighted by Crippen LogP contribution is -2.47. The molecule has 0 saturated carbocycles. The first-order valence-corrected chi connectivity index (χ1v) is 12.1. The smallest absolute Gasteiger partial charge is 0.253 e. The van der Waals surface area contributed by atoms with E-state index in [2.05, 4.69) is 26.5 Å². The van der Waals surface area contributed by atoms with E-state index in [1.54, 1.807) is 19.2 Å². The second-order valence-corrected chi connectivity index (χ2v) is 8.50. The lowest BCUT2D eigenvalue weighted by atomic mass is 10.1. The molecule has 8 heteroatoms. The molecule has 3 aromatic carbocycles. The molecule has 1 aliphatic rings. The number of para-hydroxylation sites is 2. The number of piperazine rings is 1. The summed E-state index contributed by atoms with van der Waals surface area (Å²) >= 11 is 5.65. The molecule has 0 radical (unpaired) electrons. The van der Waals surface area contributed by atoms with Crippen LogP contribution in [-0.4, -0.2) is 51.0 Å². The second kappa shape index (κ2) is 11.6. The van der Waals surface area contributed by atoms with E-state index in [1.165, 1.54) is 0 Å². The van der Waals surface area contributed by atoms with Gasteiger partial charge in [0.25, 0.3) is 5.91 Å². The number of methoxy groups -OCH3 is 1. The van der Waals surface area contributed by atoms with E-state index in [1.807, 2.05) is 54.6 Å². The van der Waals surface area contributed by atoms with Crippen LogP contribution in [-0.2, 0) is 11.3 Å². The molecule has 0 unspecified atom stereocenters. The van der Waals surface area contributed by atoms with E-state index in [-0.39, 0.29) is 17.7 Å². The summed E-state index contributed by atoms with van der Waals surface area (Å²) in [7, 11) is 1.68. The number of ether oxygens (including phenoxy) is 1. The molecule has 1 fully saturated rings. The van der Waals surface area contributed by atoms with Crippen molar-refractivity contribution in [2.24, 2.45) is 0 Å². The van der Waals surface area contributed by atoms with Crippen LogP contribution in [0.1, 0.15) is 15.9 Å². The molecule has 4 rings (SSSR count). The Kier molecular flexibility index (Phi) is 8.11. The Hall–Kier alpha value is -3.71. The van der Waals surface area contributed by atoms with Gasteiger partial charge in [0, 0.05) is 44.1 Å². The van der Waals surface area contributed by atoms with Gasteiger partial charge in [-0.3, -0.25) is 9.59 Å². The molecule has 0 aromatic heterocycles. The molecule has 7 nitrogen and oxygen atoms in total. The molecular formula is C27H29ClN4O3. The monoisotopic (exact) mass is 492 g/mol. The number of anilines is 3. The van der Waals surface area contributed by atoms with E-state index < -0.39 is 0 Å². The lowest BCUT2D eigenvalue weighted by Gasteiger charge is -2.38. The van der Waals surface area contributed by atoms with E-state index in [0.717, 1.165) is 48.9 Å². The predicted molar refractivity (Wildman–Crippen MR) is 141 cm³/mol. The van der Waals surface area contributed by atoms with Crippen LogP contribution in [0.15, 0.2) is 72.8 Å². The molecule has 1 aliphatic heterocycles. The Balaban J connectivity index is 1.53. The fourth-order valence-corrected chi connectivity index (χ4v) is 4.29. The Morgan fingerprint density at radius 3 is 2.23 bits per heavy atom. The molecule has 0 bridgehead atoms. The van der Waals surface area contributed by atoms with Crippen LogP contribution >= 0.6 is 11.6 Å². The summed E-state index contributed by atoms with van der Waals surface area (Å²) < 4.78 is 5.53. The Morgan fingerprint density at radius 1 is 0.886 bits per heavy atom. The highest BCUT2D eigenvalue weighted by molar-refractivity contribution is 6.29. The van der Waals surface area contributed by atoms with Crippen molar-refractivity contribution in [1.82, 2.24) is 5.32 Å². The van der Waals surface area contributed by atoms with Gasteiger partial charge in [-0.05, 0) is 35.9 Å². The van der Waals surface area contributed by atoms with Crippen LogP contribution < -0.4 is 25.2 Å². The van der Waals surface area contributed by atoms with E-state index in [0.29, 0.717) is 17.8 Å². The van der Waals surface area contributed by atoms with E-state index in [4.69, 9.17) is 16.3 Å². The average Bonchev–Trinajstić information content (AvgIpc) is 2.92. The van der Waals surface area contributed by atoms with Gasteiger partial charge in [0.2, 0.25) is 5.91 Å². The Morgan fingerprint density at radius 2 is 1.54 bits per heavy atom. The molecular weight excluding hydrogens is 464 g/mol. The molecule has 182 valence electrons. The van der Waals surface area contributed by atoms with Crippen molar-refractivity contribution in [2.75, 3.05) is 54.3 Å². The molecule has 0 spiro atoms. The maximum Gasteiger partial charge on any atom is 0.253 e. The van der Waals surface area contributed by atoms with Crippen LogP contribution in [0.2, 0.25) is 0 Å². The average molecular weight is 493 g/mol. The van der Waals surface area contributed by atoms with Gasteiger partial charge in [-0.1, -0.05) is 42.5 Å². The lowest BCUT2D eigenvalue weighted by molar-refractivity contribution is -0.113. The molecule has 2 N–H and O–H groups in total. The van der Waals surface area contributed by atoms with Gasteiger partial charge in [0.15, 0.2) is 0 Å². The minimum absolute atomic E-state index is 0.151. The summed E-state index contributed by atoms with van der Waals surface area (Å²) in [5.41, 5.74) is 3.96. The number of nitrogens with one attached hydrogen (secondary N) is 2. The number of hydrogen-bond acceptors (Lipinski definition) is 5. The van der Waals surface area contributed by atoms with Crippen LogP contribution in [0.25, 0.3) is 0 Å². The maximum atomic E-state index is 13.3. The zero-order chi connectivity index (χ0) is 24.6. The molecule has 35 heavy (non-hydrogen) atoms. The van der Waals surface area contributed by atoms with Crippen LogP contribution in [0, 0.1) is 0 Å². The van der Waals surface area contributed by atoms with Gasteiger partial charge in [0.1, 0.15) is 11.6 Å². The Bertz CT molecular complexity index is 1160. The number of benzene rings is 3. The zero-order valence-corrected chi connectivity index (χ0v) is 20.4. The molecule has 3 aromatic rings. The van der Waals surface area contributed by atoms with Gasteiger partial charge in [-0.25, -0.2) is 0 Å². The van der Waals surface area contributed by atoms with Gasteiger partial charge < -0.3 is 25.2 Å². The van der Waals surface area contributed by atoms with Crippen molar-refractivity contribution in [3.8, 4) is 5.75 Å². The zero-order valence-electron chi connectivity index (χ0n) is 19.7. The summed E-state index contributed by atoms with van der Waals surface area (Å²) in [5, 5.41) is 5.75. The highest BCUT2D eigenvalue weighted by atomic mass is 35.5. The number of hydrogen-bond donors (Lipinski definition) is 2. The molecule has 1 saturated heterocycles. The second-order valence-electron chi connectivity index (χ2n) is 8.23. The third-order valence-corrected chi connectivity index (χ3v) is 6.23. The summed E-state index contributed by atoms with van der Waals surface area (Å²) in [4.78, 5) is 29.6. The molecule has 1 heterocycles. The van der Waals surface area contributed by atoms with Crippen LogP contribution in [0.3, 0.4) is 0 Å². The largest absolute Gasteiger partial charge is 0.495 e. The maximum absolute atomic E-state index is 13.3. The van der Waals surface area contributed by atoms with Gasteiger partial charge in [-0.15, -0.1) is 11.6 Å². The van der Waals surface area contributed by atoms with Crippen molar-refractivity contribution < 1.29 is 14.3 Å². The topological polar surface area (TPSA) is 73.9 Å². The molecule has 0 aliphatic carbocycles. The number of carbonyl (C=O) groups excluding carboxylic acids is 2. The summed E-state index contributed by atoms with van der Waals surface area (Å²) in [5.74, 6) is 0.183. The van der Waals surface area contributed by atoms with E-state index >= 15 is 0 Å². The summed E-state index contributed by atoms with van der Waals surface area (Å²) in [6.07, 6.45) is 0. The number of nitrogens with zero attached hydrogens (tertiary/aromatic N) is 2. The SMILES string of the molecule is COc1ccccc1N1CCN(c2ccc(NC(=O)CCl)cc2C(=O)NCc2ccccc2)CC1. The predicted octanol–water partition coefficient (Wildman–Crippen LogP) is 4.13. The number of amides is 2. The Labute approximate surface area is 210 Å². The standard InChI is InChI=1S/C27H29ClN4O3/c1-35-25-10-6-5-9-24(25)32-15-13-31(14-16-32)23-12-11-21(30-26(33)18-28)17-22(23)27(34)29-19-20-7-3-2-4-8-20/h2-12,17H,13-16,18-19H2,1H3,(H,29,34)(H,30,33). The minimum Gasteiger partial charge on any atom is -0.495 e. The fraction of sp³-hybridized carbons (Fsp3) is 0.259. The first kappa shape index (κ1) is 24.4. The van der Waals surface area contributed by atoms with Gasteiger partial charge in [0.05, 0.1) is 18.4 Å². The minimum atomic E-state index is -0.319. The number of rotatable bonds is 8. The quantitative estimate of drug-likeness (QED) is 0.462. The number of carbonyl (C=O) groups is 2. The van der Waals surface area contributed by atoms with Crippen molar-refractivity contribution in [3.05, 3.63) is 83.9 Å². The number of alkyl halides is 1. The highest BCUT2D eigenvalue weighted by Gasteiger charge is 2.23. The fourth-order valence-electron chi connectivity index (χ4n) is 4.22. The van der Waals surface area contributed by atoms with Gasteiger partial charge >= 0.3 is 0 Å². The third-order valence-electron chi connectivity index (χ3n) is 5.99. The van der Waals surface area contributed by atoms with Crippen molar-refractivity contribution in [1.29, 1.82) is 0 Å².